The van der Waals surface area contributed by atoms with Crippen molar-refractivity contribution in [2.75, 3.05) is 0 Å². The second-order valence-electron chi connectivity index (χ2n) is 5.94. The first-order chi connectivity index (χ1) is 9.80. The summed E-state index contributed by atoms with van der Waals surface area (Å²) in [5.41, 5.74) is -0.657. The Balaban J connectivity index is 1.79. The zero-order chi connectivity index (χ0) is 15.3. The van der Waals surface area contributed by atoms with Gasteiger partial charge in [0.1, 0.15) is 6.10 Å². The van der Waals surface area contributed by atoms with E-state index in [9.17, 15) is 18.0 Å². The molecule has 3 heterocycles. The second-order valence-corrected chi connectivity index (χ2v) is 5.94. The zero-order valence-electron chi connectivity index (χ0n) is 11.4. The quantitative estimate of drug-likeness (QED) is 0.860. The van der Waals surface area contributed by atoms with Gasteiger partial charge in [0.2, 0.25) is 0 Å². The van der Waals surface area contributed by atoms with E-state index in [0.717, 1.165) is 0 Å². The van der Waals surface area contributed by atoms with Crippen molar-refractivity contribution in [3.8, 4) is 0 Å². The molecule has 8 heteroatoms. The molecule has 3 aliphatic rings. The Kier molecular flexibility index (Phi) is 3.23. The standard InChI is InChI=1S/C13H16F3N3O2/c1-8-5-9-6-12(18-9,7-19-4-2-3-17-19)10(8)21-11(20)13(14,15)16/h2-4,8-10,18H,5-7H2,1H3. The maximum Gasteiger partial charge on any atom is 0.490 e. The van der Waals surface area contributed by atoms with Crippen LogP contribution in [0.25, 0.3) is 0 Å². The SMILES string of the molecule is CC1CC2CC(Cn3cccn3)(N2)C1OC(=O)C(F)(F)F. The third kappa shape index (κ3) is 2.52. The summed E-state index contributed by atoms with van der Waals surface area (Å²) in [6, 6.07) is 2.02. The van der Waals surface area contributed by atoms with Crippen LogP contribution in [0.4, 0.5) is 13.2 Å². The van der Waals surface area contributed by atoms with E-state index in [4.69, 9.17) is 4.74 Å². The molecule has 0 radical (unpaired) electrons. The third-order valence-corrected chi connectivity index (χ3v) is 4.29. The van der Waals surface area contributed by atoms with Gasteiger partial charge >= 0.3 is 12.1 Å². The Labute approximate surface area is 119 Å². The lowest BCUT2D eigenvalue weighted by atomic mass is 9.64. The monoisotopic (exact) mass is 303 g/mol. The van der Waals surface area contributed by atoms with E-state index >= 15 is 0 Å². The summed E-state index contributed by atoms with van der Waals surface area (Å²) < 4.78 is 43.8. The van der Waals surface area contributed by atoms with Crippen LogP contribution < -0.4 is 5.32 Å². The smallest absolute Gasteiger partial charge is 0.453 e. The van der Waals surface area contributed by atoms with Gasteiger partial charge in [0, 0.05) is 18.4 Å². The fraction of sp³-hybridized carbons (Fsp3) is 0.692. The molecule has 21 heavy (non-hydrogen) atoms. The van der Waals surface area contributed by atoms with Crippen LogP contribution in [0.2, 0.25) is 0 Å². The first-order valence-corrected chi connectivity index (χ1v) is 6.83. The van der Waals surface area contributed by atoms with Crippen molar-refractivity contribution >= 4 is 5.97 Å². The predicted octanol–water partition coefficient (Wildman–Crippen LogP) is 1.50. The number of aromatic nitrogens is 2. The van der Waals surface area contributed by atoms with Crippen molar-refractivity contribution in [1.82, 2.24) is 15.1 Å². The molecule has 2 saturated heterocycles. The number of hydrogen-bond acceptors (Lipinski definition) is 4. The fourth-order valence-corrected chi connectivity index (χ4v) is 3.58. The van der Waals surface area contributed by atoms with Crippen molar-refractivity contribution in [2.45, 2.75) is 50.2 Å². The second kappa shape index (κ2) is 4.72. The van der Waals surface area contributed by atoms with Gasteiger partial charge in [-0.2, -0.15) is 18.3 Å². The molecule has 0 amide bonds. The first-order valence-electron chi connectivity index (χ1n) is 6.83. The Morgan fingerprint density at radius 1 is 1.57 bits per heavy atom. The van der Waals surface area contributed by atoms with Gasteiger partial charge in [-0.25, -0.2) is 4.79 Å². The highest BCUT2D eigenvalue weighted by molar-refractivity contribution is 5.76. The molecule has 0 spiro atoms. The van der Waals surface area contributed by atoms with Crippen LogP contribution in [-0.4, -0.2) is 39.6 Å². The third-order valence-electron chi connectivity index (χ3n) is 4.29. The molecule has 2 aliphatic heterocycles. The van der Waals surface area contributed by atoms with Crippen LogP contribution in [0.5, 0.6) is 0 Å². The number of piperidine rings is 1. The van der Waals surface area contributed by atoms with Gasteiger partial charge in [0.15, 0.2) is 0 Å². The number of rotatable bonds is 3. The van der Waals surface area contributed by atoms with E-state index in [1.54, 1.807) is 23.1 Å². The number of halogens is 3. The van der Waals surface area contributed by atoms with Crippen LogP contribution in [0.3, 0.4) is 0 Å². The van der Waals surface area contributed by atoms with Crippen LogP contribution >= 0.6 is 0 Å². The van der Waals surface area contributed by atoms with Crippen molar-refractivity contribution in [2.24, 2.45) is 5.92 Å². The lowest BCUT2D eigenvalue weighted by Gasteiger charge is -2.59. The Morgan fingerprint density at radius 3 is 2.86 bits per heavy atom. The molecule has 4 atom stereocenters. The minimum absolute atomic E-state index is 0.119. The molecule has 4 rings (SSSR count). The number of carbonyl (C=O) groups excluding carboxylic acids is 1. The van der Waals surface area contributed by atoms with Crippen LogP contribution in [0.15, 0.2) is 18.5 Å². The highest BCUT2D eigenvalue weighted by Crippen LogP contribution is 2.44. The molecule has 1 aliphatic carbocycles. The first kappa shape index (κ1) is 14.4. The predicted molar refractivity (Wildman–Crippen MR) is 66.2 cm³/mol. The number of alkyl halides is 3. The molecule has 1 aromatic rings. The van der Waals surface area contributed by atoms with Crippen molar-refractivity contribution in [1.29, 1.82) is 0 Å². The fourth-order valence-electron chi connectivity index (χ4n) is 3.58. The topological polar surface area (TPSA) is 56.1 Å². The molecular formula is C13H16F3N3O2. The van der Waals surface area contributed by atoms with Gasteiger partial charge in [-0.05, 0) is 24.8 Å². The lowest BCUT2D eigenvalue weighted by molar-refractivity contribution is -0.220. The average Bonchev–Trinajstić information content (AvgIpc) is 2.82. The summed E-state index contributed by atoms with van der Waals surface area (Å²) in [5.74, 6) is -2.24. The normalized spacial score (nSPS) is 35.1. The van der Waals surface area contributed by atoms with Crippen LogP contribution in [0.1, 0.15) is 19.8 Å². The number of ether oxygens (including phenoxy) is 1. The largest absolute Gasteiger partial charge is 0.490 e. The van der Waals surface area contributed by atoms with Crippen LogP contribution in [0, 0.1) is 5.92 Å². The van der Waals surface area contributed by atoms with E-state index in [0.29, 0.717) is 19.4 Å². The minimum atomic E-state index is -4.97. The molecule has 1 aromatic heterocycles. The van der Waals surface area contributed by atoms with Gasteiger partial charge in [-0.3, -0.25) is 4.68 Å². The number of esters is 1. The van der Waals surface area contributed by atoms with E-state index in [-0.39, 0.29) is 12.0 Å². The Bertz CT molecular complexity index is 523. The molecule has 4 unspecified atom stereocenters. The minimum Gasteiger partial charge on any atom is -0.453 e. The van der Waals surface area contributed by atoms with Gasteiger partial charge < -0.3 is 10.1 Å². The summed E-state index contributed by atoms with van der Waals surface area (Å²) in [7, 11) is 0. The van der Waals surface area contributed by atoms with Gasteiger partial charge in [0.25, 0.3) is 0 Å². The summed E-state index contributed by atoms with van der Waals surface area (Å²) in [6.07, 6.45) is -1.03. The van der Waals surface area contributed by atoms with Gasteiger partial charge in [0.05, 0.1) is 12.1 Å². The summed E-state index contributed by atoms with van der Waals surface area (Å²) in [4.78, 5) is 11.2. The molecule has 0 aromatic carbocycles. The Morgan fingerprint density at radius 2 is 2.29 bits per heavy atom. The number of hydrogen-bond donors (Lipinski definition) is 1. The number of carbonyl (C=O) groups is 1. The average molecular weight is 303 g/mol. The molecule has 1 N–H and O–H groups in total. The maximum absolute atomic E-state index is 12.5. The highest BCUT2D eigenvalue weighted by Gasteiger charge is 2.59. The molecular weight excluding hydrogens is 287 g/mol. The van der Waals surface area contributed by atoms with E-state index < -0.39 is 23.8 Å². The Hall–Kier alpha value is -1.57. The molecule has 1 saturated carbocycles. The zero-order valence-corrected chi connectivity index (χ0v) is 11.4. The lowest BCUT2D eigenvalue weighted by Crippen LogP contribution is -2.77. The van der Waals surface area contributed by atoms with E-state index in [1.165, 1.54) is 0 Å². The van der Waals surface area contributed by atoms with E-state index in [1.807, 2.05) is 6.92 Å². The summed E-state index contributed by atoms with van der Waals surface area (Å²) >= 11 is 0. The van der Waals surface area contributed by atoms with E-state index in [2.05, 4.69) is 10.4 Å². The molecule has 2 bridgehead atoms. The number of nitrogens with zero attached hydrogens (tertiary/aromatic N) is 2. The maximum atomic E-state index is 12.5. The molecule has 116 valence electrons. The van der Waals surface area contributed by atoms with Crippen molar-refractivity contribution in [3.05, 3.63) is 18.5 Å². The van der Waals surface area contributed by atoms with Crippen molar-refractivity contribution < 1.29 is 22.7 Å². The summed E-state index contributed by atoms with van der Waals surface area (Å²) in [6.45, 7) is 2.20. The van der Waals surface area contributed by atoms with Gasteiger partial charge in [-0.15, -0.1) is 0 Å². The molecule has 3 fully saturated rings. The van der Waals surface area contributed by atoms with Crippen LogP contribution in [-0.2, 0) is 16.1 Å². The molecule has 5 nitrogen and oxygen atoms in total. The number of fused-ring (bicyclic) bond motifs is 2. The highest BCUT2D eigenvalue weighted by atomic mass is 19.4. The van der Waals surface area contributed by atoms with Crippen molar-refractivity contribution in [3.63, 3.8) is 0 Å². The number of nitrogens with one attached hydrogen (secondary N) is 1. The van der Waals surface area contributed by atoms with Gasteiger partial charge in [-0.1, -0.05) is 6.92 Å². The summed E-state index contributed by atoms with van der Waals surface area (Å²) in [5, 5.41) is 7.34.